The molecule has 0 radical (unpaired) electrons. The minimum Gasteiger partial charge on any atom is -0.373 e. The molecule has 0 bridgehead atoms. The summed E-state index contributed by atoms with van der Waals surface area (Å²) in [6, 6.07) is 5.23. The Bertz CT molecular complexity index is 582. The van der Waals surface area contributed by atoms with Crippen molar-refractivity contribution < 1.29 is 0 Å². The van der Waals surface area contributed by atoms with E-state index in [9.17, 15) is 4.79 Å². The lowest BCUT2D eigenvalue weighted by molar-refractivity contribution is 0.905. The van der Waals surface area contributed by atoms with Crippen LogP contribution in [0.15, 0.2) is 39.2 Å². The van der Waals surface area contributed by atoms with Crippen molar-refractivity contribution in [3.8, 4) is 0 Å². The van der Waals surface area contributed by atoms with Gasteiger partial charge in [0.1, 0.15) is 5.82 Å². The smallest absolute Gasteiger partial charge is 0.251 e. The van der Waals surface area contributed by atoms with Gasteiger partial charge < -0.3 is 10.3 Å². The normalized spacial score (nSPS) is 10.2. The molecule has 0 unspecified atom stereocenters. The van der Waals surface area contributed by atoms with E-state index in [2.05, 4.69) is 20.3 Å². The number of hydrogen-bond acceptors (Lipinski definition) is 5. The standard InChI is InChI=1S/C11H12N4OS/c1-7-5-10(16)15-11(14-7)17-8-3-4-13-9(6-8)12-2/h3-6H,1-2H3,(H,12,13)(H,14,15,16). The molecule has 0 fully saturated rings. The van der Waals surface area contributed by atoms with Gasteiger partial charge in [-0.3, -0.25) is 4.79 Å². The van der Waals surface area contributed by atoms with Gasteiger partial charge in [-0.15, -0.1) is 0 Å². The average Bonchev–Trinajstić information content (AvgIpc) is 2.28. The number of nitrogens with one attached hydrogen (secondary N) is 2. The van der Waals surface area contributed by atoms with Crippen LogP contribution in [-0.2, 0) is 0 Å². The van der Waals surface area contributed by atoms with E-state index in [-0.39, 0.29) is 5.56 Å². The molecule has 2 rings (SSSR count). The van der Waals surface area contributed by atoms with E-state index in [0.717, 1.165) is 10.7 Å². The largest absolute Gasteiger partial charge is 0.373 e. The Labute approximate surface area is 103 Å². The zero-order valence-corrected chi connectivity index (χ0v) is 10.3. The van der Waals surface area contributed by atoms with Crippen LogP contribution in [0.3, 0.4) is 0 Å². The quantitative estimate of drug-likeness (QED) is 0.808. The van der Waals surface area contributed by atoms with Gasteiger partial charge in [0.25, 0.3) is 5.56 Å². The molecule has 88 valence electrons. The topological polar surface area (TPSA) is 70.7 Å². The molecule has 0 saturated carbocycles. The molecule has 0 atom stereocenters. The number of anilines is 1. The summed E-state index contributed by atoms with van der Waals surface area (Å²) in [6.07, 6.45) is 1.71. The lowest BCUT2D eigenvalue weighted by Gasteiger charge is -2.03. The highest BCUT2D eigenvalue weighted by Crippen LogP contribution is 2.24. The summed E-state index contributed by atoms with van der Waals surface area (Å²) in [4.78, 5) is 23.3. The molecular weight excluding hydrogens is 236 g/mol. The molecule has 0 aliphatic rings. The fraction of sp³-hybridized carbons (Fsp3) is 0.182. The highest BCUT2D eigenvalue weighted by Gasteiger charge is 2.02. The molecular formula is C11H12N4OS. The molecule has 6 heteroatoms. The van der Waals surface area contributed by atoms with Gasteiger partial charge in [-0.2, -0.15) is 0 Å². The zero-order chi connectivity index (χ0) is 12.3. The van der Waals surface area contributed by atoms with Crippen LogP contribution in [0.25, 0.3) is 0 Å². The van der Waals surface area contributed by atoms with Gasteiger partial charge >= 0.3 is 0 Å². The lowest BCUT2D eigenvalue weighted by atomic mass is 10.5. The number of pyridine rings is 1. The summed E-state index contributed by atoms with van der Waals surface area (Å²) >= 11 is 1.40. The van der Waals surface area contributed by atoms with Crippen LogP contribution in [0.2, 0.25) is 0 Å². The van der Waals surface area contributed by atoms with Crippen molar-refractivity contribution in [2.45, 2.75) is 17.0 Å². The Morgan fingerprint density at radius 1 is 1.41 bits per heavy atom. The van der Waals surface area contributed by atoms with Gasteiger partial charge in [-0.05, 0) is 19.1 Å². The van der Waals surface area contributed by atoms with Gasteiger partial charge in [-0.25, -0.2) is 9.97 Å². The van der Waals surface area contributed by atoms with E-state index >= 15 is 0 Å². The predicted molar refractivity (Wildman–Crippen MR) is 67.5 cm³/mol. The van der Waals surface area contributed by atoms with Crippen LogP contribution in [0.5, 0.6) is 0 Å². The second-order valence-corrected chi connectivity index (χ2v) is 4.48. The molecule has 0 spiro atoms. The van der Waals surface area contributed by atoms with Gasteiger partial charge in [0, 0.05) is 29.9 Å². The molecule has 0 aromatic carbocycles. The maximum Gasteiger partial charge on any atom is 0.251 e. The van der Waals surface area contributed by atoms with E-state index in [4.69, 9.17) is 0 Å². The van der Waals surface area contributed by atoms with Crippen molar-refractivity contribution in [3.05, 3.63) is 40.4 Å². The minimum absolute atomic E-state index is 0.136. The summed E-state index contributed by atoms with van der Waals surface area (Å²) < 4.78 is 0. The average molecular weight is 248 g/mol. The van der Waals surface area contributed by atoms with Crippen molar-refractivity contribution >= 4 is 17.6 Å². The number of hydrogen-bond donors (Lipinski definition) is 2. The van der Waals surface area contributed by atoms with Crippen molar-refractivity contribution in [3.63, 3.8) is 0 Å². The SMILES string of the molecule is CNc1cc(Sc2nc(C)cc(=O)[nH]2)ccn1. The van der Waals surface area contributed by atoms with Crippen LogP contribution in [0, 0.1) is 6.92 Å². The van der Waals surface area contributed by atoms with Gasteiger partial charge in [-0.1, -0.05) is 11.8 Å². The maximum absolute atomic E-state index is 11.3. The highest BCUT2D eigenvalue weighted by molar-refractivity contribution is 7.99. The van der Waals surface area contributed by atoms with Gasteiger partial charge in [0.2, 0.25) is 0 Å². The minimum atomic E-state index is -0.136. The number of nitrogens with zero attached hydrogens (tertiary/aromatic N) is 2. The third-order valence-electron chi connectivity index (χ3n) is 2.05. The first-order valence-corrected chi connectivity index (χ1v) is 5.88. The fourth-order valence-corrected chi connectivity index (χ4v) is 2.19. The zero-order valence-electron chi connectivity index (χ0n) is 9.52. The summed E-state index contributed by atoms with van der Waals surface area (Å²) in [7, 11) is 1.81. The van der Waals surface area contributed by atoms with E-state index in [0.29, 0.717) is 10.9 Å². The first kappa shape index (κ1) is 11.7. The third-order valence-corrected chi connectivity index (χ3v) is 2.93. The molecule has 0 amide bonds. The third kappa shape index (κ3) is 3.07. The summed E-state index contributed by atoms with van der Waals surface area (Å²) in [5, 5.41) is 3.55. The number of H-pyrrole nitrogens is 1. The van der Waals surface area contributed by atoms with Gasteiger partial charge in [0.05, 0.1) is 0 Å². The molecule has 17 heavy (non-hydrogen) atoms. The van der Waals surface area contributed by atoms with E-state index in [1.165, 1.54) is 17.8 Å². The molecule has 2 heterocycles. The summed E-state index contributed by atoms with van der Waals surface area (Å²) in [5.41, 5.74) is 0.571. The number of rotatable bonds is 3. The van der Waals surface area contributed by atoms with E-state index < -0.39 is 0 Å². The van der Waals surface area contributed by atoms with Gasteiger partial charge in [0.15, 0.2) is 5.16 Å². The van der Waals surface area contributed by atoms with Crippen LogP contribution in [-0.4, -0.2) is 22.0 Å². The maximum atomic E-state index is 11.3. The molecule has 0 aliphatic heterocycles. The van der Waals surface area contributed by atoms with E-state index in [1.54, 1.807) is 13.1 Å². The molecule has 2 aromatic rings. The van der Waals surface area contributed by atoms with Crippen molar-refractivity contribution in [2.75, 3.05) is 12.4 Å². The number of aromatic nitrogens is 3. The first-order valence-electron chi connectivity index (χ1n) is 5.07. The Morgan fingerprint density at radius 2 is 2.24 bits per heavy atom. The molecule has 5 nitrogen and oxygen atoms in total. The first-order chi connectivity index (χ1) is 8.17. The Hall–Kier alpha value is -1.82. The second kappa shape index (κ2) is 5.01. The molecule has 0 aliphatic carbocycles. The summed E-state index contributed by atoms with van der Waals surface area (Å²) in [6.45, 7) is 1.80. The number of aryl methyl sites for hydroxylation is 1. The Kier molecular flexibility index (Phi) is 3.43. The van der Waals surface area contributed by atoms with Crippen LogP contribution in [0.1, 0.15) is 5.69 Å². The molecule has 0 saturated heterocycles. The van der Waals surface area contributed by atoms with Crippen molar-refractivity contribution in [1.29, 1.82) is 0 Å². The van der Waals surface area contributed by atoms with Crippen molar-refractivity contribution in [2.24, 2.45) is 0 Å². The van der Waals surface area contributed by atoms with E-state index in [1.807, 2.05) is 19.2 Å². The lowest BCUT2D eigenvalue weighted by Crippen LogP contribution is -2.07. The fourth-order valence-electron chi connectivity index (χ4n) is 1.32. The molecule has 2 N–H and O–H groups in total. The monoisotopic (exact) mass is 248 g/mol. The number of aromatic amines is 1. The van der Waals surface area contributed by atoms with Crippen molar-refractivity contribution in [1.82, 2.24) is 15.0 Å². The second-order valence-electron chi connectivity index (χ2n) is 3.42. The Balaban J connectivity index is 2.27. The van der Waals surface area contributed by atoms with Crippen LogP contribution < -0.4 is 10.9 Å². The summed E-state index contributed by atoms with van der Waals surface area (Å²) in [5.74, 6) is 0.782. The Morgan fingerprint density at radius 3 is 2.94 bits per heavy atom. The highest BCUT2D eigenvalue weighted by atomic mass is 32.2. The molecule has 2 aromatic heterocycles. The van der Waals surface area contributed by atoms with Crippen LogP contribution >= 0.6 is 11.8 Å². The van der Waals surface area contributed by atoms with Crippen LogP contribution in [0.4, 0.5) is 5.82 Å². The predicted octanol–water partition coefficient (Wildman–Crippen LogP) is 1.67.